The number of imidazole rings is 1. The number of nitrogens with zero attached hydrogens (tertiary/aromatic N) is 4. The fourth-order valence-corrected chi connectivity index (χ4v) is 4.58. The molecule has 0 spiro atoms. The van der Waals surface area contributed by atoms with E-state index in [9.17, 15) is 9.90 Å². The van der Waals surface area contributed by atoms with E-state index in [1.165, 1.54) is 0 Å². The second-order valence-electron chi connectivity index (χ2n) is 7.76. The van der Waals surface area contributed by atoms with E-state index in [0.717, 1.165) is 56.1 Å². The normalized spacial score (nSPS) is 24.5. The molecule has 2 saturated heterocycles. The Morgan fingerprint density at radius 1 is 1.21 bits per heavy atom. The van der Waals surface area contributed by atoms with Crippen LogP contribution in [-0.4, -0.2) is 81.9 Å². The maximum atomic E-state index is 13.1. The van der Waals surface area contributed by atoms with E-state index in [-0.39, 0.29) is 11.9 Å². The molecule has 0 unspecified atom stereocenters. The number of carbonyl (C=O) groups is 1. The third-order valence-corrected chi connectivity index (χ3v) is 6.14. The molecule has 28 heavy (non-hydrogen) atoms. The van der Waals surface area contributed by atoms with Gasteiger partial charge in [-0.25, -0.2) is 4.98 Å². The first-order valence-electron chi connectivity index (χ1n) is 10.3. The minimum Gasteiger partial charge on any atom is -0.391 e. The largest absolute Gasteiger partial charge is 0.391 e. The number of aliphatic hydroxyl groups excluding tert-OH is 1. The van der Waals surface area contributed by atoms with Crippen LogP contribution in [0.25, 0.3) is 11.0 Å². The fourth-order valence-electron chi connectivity index (χ4n) is 4.58. The number of aryl methyl sites for hydroxylation is 2. The molecule has 0 radical (unpaired) electrons. The molecular weight excluding hydrogens is 356 g/mol. The summed E-state index contributed by atoms with van der Waals surface area (Å²) >= 11 is 0. The third kappa shape index (κ3) is 3.66. The van der Waals surface area contributed by atoms with Gasteiger partial charge in [0.05, 0.1) is 30.4 Å². The molecule has 0 bridgehead atoms. The van der Waals surface area contributed by atoms with E-state index >= 15 is 0 Å². The molecule has 1 amide bonds. The fraction of sp³-hybridized carbons (Fsp3) is 0.619. The van der Waals surface area contributed by atoms with Crippen LogP contribution in [-0.2, 0) is 11.3 Å². The van der Waals surface area contributed by atoms with Crippen LogP contribution >= 0.6 is 0 Å². The molecule has 4 rings (SSSR count). The van der Waals surface area contributed by atoms with Gasteiger partial charge in [0.15, 0.2) is 0 Å². The van der Waals surface area contributed by atoms with Crippen molar-refractivity contribution in [2.24, 2.45) is 0 Å². The van der Waals surface area contributed by atoms with Crippen molar-refractivity contribution >= 4 is 16.9 Å². The number of ether oxygens (including phenoxy) is 1. The molecule has 3 heterocycles. The van der Waals surface area contributed by atoms with Crippen LogP contribution in [0.1, 0.15) is 35.9 Å². The molecule has 7 heteroatoms. The molecule has 1 aromatic carbocycles. The van der Waals surface area contributed by atoms with Crippen molar-refractivity contribution in [2.75, 3.05) is 39.4 Å². The highest BCUT2D eigenvalue weighted by Gasteiger charge is 2.32. The first-order chi connectivity index (χ1) is 13.6. The van der Waals surface area contributed by atoms with Gasteiger partial charge in [-0.05, 0) is 44.9 Å². The lowest BCUT2D eigenvalue weighted by atomic mass is 10.0. The lowest BCUT2D eigenvalue weighted by Crippen LogP contribution is -2.49. The van der Waals surface area contributed by atoms with Crippen LogP contribution in [0.2, 0.25) is 0 Å². The standard InChI is InChI=1S/C21H30N4O3/c1-3-25-15(2)22-17-14-16(4-5-18(17)25)21(27)24-8-6-19(20(26)7-9-24)23-10-12-28-13-11-23/h4-5,14,19-20,26H,3,6-13H2,1-2H3/t19-,20-/m0/s1. The van der Waals surface area contributed by atoms with Gasteiger partial charge >= 0.3 is 0 Å². The van der Waals surface area contributed by atoms with E-state index < -0.39 is 6.10 Å². The zero-order valence-electron chi connectivity index (χ0n) is 16.8. The van der Waals surface area contributed by atoms with E-state index in [0.29, 0.717) is 25.1 Å². The van der Waals surface area contributed by atoms with Gasteiger partial charge in [0.25, 0.3) is 5.91 Å². The van der Waals surface area contributed by atoms with Crippen LogP contribution in [0, 0.1) is 6.92 Å². The topological polar surface area (TPSA) is 70.8 Å². The van der Waals surface area contributed by atoms with Crippen molar-refractivity contribution < 1.29 is 14.6 Å². The molecule has 0 aliphatic carbocycles. The summed E-state index contributed by atoms with van der Waals surface area (Å²) in [6, 6.07) is 5.90. The molecule has 7 nitrogen and oxygen atoms in total. The van der Waals surface area contributed by atoms with E-state index in [2.05, 4.69) is 21.4 Å². The van der Waals surface area contributed by atoms with Crippen LogP contribution < -0.4 is 0 Å². The molecule has 2 atom stereocenters. The van der Waals surface area contributed by atoms with Gasteiger partial charge in [-0.1, -0.05) is 0 Å². The molecule has 2 aromatic rings. The lowest BCUT2D eigenvalue weighted by molar-refractivity contribution is -0.0222. The first-order valence-corrected chi connectivity index (χ1v) is 10.3. The van der Waals surface area contributed by atoms with Crippen molar-refractivity contribution in [2.45, 2.75) is 45.4 Å². The molecule has 0 saturated carbocycles. The Morgan fingerprint density at radius 2 is 1.96 bits per heavy atom. The Kier molecular flexibility index (Phi) is 5.66. The van der Waals surface area contributed by atoms with Crippen LogP contribution in [0.4, 0.5) is 0 Å². The number of fused-ring (bicyclic) bond motifs is 1. The molecule has 2 fully saturated rings. The number of carbonyl (C=O) groups excluding carboxylic acids is 1. The minimum atomic E-state index is -0.402. The van der Waals surface area contributed by atoms with Gasteiger partial charge in [-0.2, -0.15) is 0 Å². The van der Waals surface area contributed by atoms with Crippen molar-refractivity contribution in [1.29, 1.82) is 0 Å². The van der Waals surface area contributed by atoms with E-state index in [1.807, 2.05) is 30.0 Å². The summed E-state index contributed by atoms with van der Waals surface area (Å²) in [5.74, 6) is 0.994. The molecule has 1 N–H and O–H groups in total. The Balaban J connectivity index is 1.49. The highest BCUT2D eigenvalue weighted by molar-refractivity contribution is 5.97. The number of aliphatic hydroxyl groups is 1. The average molecular weight is 386 g/mol. The maximum absolute atomic E-state index is 13.1. The van der Waals surface area contributed by atoms with Crippen molar-refractivity contribution in [3.8, 4) is 0 Å². The van der Waals surface area contributed by atoms with Crippen LogP contribution in [0.3, 0.4) is 0 Å². The monoisotopic (exact) mass is 386 g/mol. The van der Waals surface area contributed by atoms with Gasteiger partial charge in [0.1, 0.15) is 5.82 Å². The Labute approximate surface area is 165 Å². The summed E-state index contributed by atoms with van der Waals surface area (Å²) in [5.41, 5.74) is 2.61. The van der Waals surface area contributed by atoms with E-state index in [4.69, 9.17) is 4.74 Å². The zero-order valence-corrected chi connectivity index (χ0v) is 16.8. The highest BCUT2D eigenvalue weighted by Crippen LogP contribution is 2.22. The second kappa shape index (κ2) is 8.19. The summed E-state index contributed by atoms with van der Waals surface area (Å²) in [7, 11) is 0. The minimum absolute atomic E-state index is 0.0282. The predicted octanol–water partition coefficient (Wildman–Crippen LogP) is 1.66. The number of rotatable bonds is 3. The van der Waals surface area contributed by atoms with Gasteiger partial charge in [-0.3, -0.25) is 9.69 Å². The summed E-state index contributed by atoms with van der Waals surface area (Å²) in [6.45, 7) is 9.35. The number of amides is 1. The van der Waals surface area contributed by atoms with Crippen molar-refractivity contribution in [1.82, 2.24) is 19.4 Å². The number of hydrogen-bond acceptors (Lipinski definition) is 5. The second-order valence-corrected chi connectivity index (χ2v) is 7.76. The Hall–Kier alpha value is -1.96. The lowest BCUT2D eigenvalue weighted by Gasteiger charge is -2.36. The first kappa shape index (κ1) is 19.4. The number of aromatic nitrogens is 2. The average Bonchev–Trinajstić information content (AvgIpc) is 2.91. The van der Waals surface area contributed by atoms with Gasteiger partial charge in [0.2, 0.25) is 0 Å². The SMILES string of the molecule is CCn1c(C)nc2cc(C(=O)N3CC[C@H](O)[C@@H](N4CCOCC4)CC3)ccc21. The van der Waals surface area contributed by atoms with Gasteiger partial charge in [-0.15, -0.1) is 0 Å². The molecule has 2 aliphatic rings. The Morgan fingerprint density at radius 3 is 2.71 bits per heavy atom. The summed E-state index contributed by atoms with van der Waals surface area (Å²) in [5, 5.41) is 10.6. The van der Waals surface area contributed by atoms with E-state index in [1.54, 1.807) is 0 Å². The number of hydrogen-bond donors (Lipinski definition) is 1. The quantitative estimate of drug-likeness (QED) is 0.869. The van der Waals surface area contributed by atoms with Crippen molar-refractivity contribution in [3.63, 3.8) is 0 Å². The molecule has 152 valence electrons. The summed E-state index contributed by atoms with van der Waals surface area (Å²) < 4.78 is 7.58. The molecular formula is C21H30N4O3. The van der Waals surface area contributed by atoms with Crippen LogP contribution in [0.15, 0.2) is 18.2 Å². The van der Waals surface area contributed by atoms with Crippen molar-refractivity contribution in [3.05, 3.63) is 29.6 Å². The predicted molar refractivity (Wildman–Crippen MR) is 107 cm³/mol. The smallest absolute Gasteiger partial charge is 0.253 e. The number of benzene rings is 1. The van der Waals surface area contributed by atoms with Crippen LogP contribution in [0.5, 0.6) is 0 Å². The zero-order chi connectivity index (χ0) is 19.7. The highest BCUT2D eigenvalue weighted by atomic mass is 16.5. The molecule has 2 aliphatic heterocycles. The molecule has 1 aromatic heterocycles. The number of likely N-dealkylation sites (tertiary alicyclic amines) is 1. The van der Waals surface area contributed by atoms with Gasteiger partial charge < -0.3 is 19.3 Å². The summed E-state index contributed by atoms with van der Waals surface area (Å²) in [4.78, 5) is 21.9. The van der Waals surface area contributed by atoms with Gasteiger partial charge in [0, 0.05) is 44.3 Å². The Bertz CT molecular complexity index is 844. The number of morpholine rings is 1. The maximum Gasteiger partial charge on any atom is 0.253 e. The third-order valence-electron chi connectivity index (χ3n) is 6.14. The summed E-state index contributed by atoms with van der Waals surface area (Å²) in [6.07, 6.45) is 0.999.